The molecule has 29 nitrogen and oxygen atoms in total. The number of carbonyl (C=O) groups excluding carboxylic acids is 4. The molecule has 10 aliphatic heterocycles. The average Bonchev–Trinajstić information content (AvgIpc) is 1.62. The fraction of sp³-hybridized carbons (Fsp3) is 0.484. The fourth-order valence-corrected chi connectivity index (χ4v) is 18.0. The summed E-state index contributed by atoms with van der Waals surface area (Å²) in [6, 6.07) is 41.8. The molecule has 5 aromatic carbocycles. The van der Waals surface area contributed by atoms with Gasteiger partial charge in [0.05, 0.1) is 151 Å². The minimum absolute atomic E-state index is 0.00633. The Morgan fingerprint density at radius 2 is 0.583 bits per heavy atom. The molecule has 0 aliphatic carbocycles. The number of amides is 4. The van der Waals surface area contributed by atoms with Crippen LogP contribution in [0.5, 0.6) is 0 Å². The van der Waals surface area contributed by atoms with Crippen molar-refractivity contribution in [1.29, 1.82) is 0 Å². The van der Waals surface area contributed by atoms with E-state index in [9.17, 15) is 32.3 Å². The predicted molar refractivity (Wildman–Crippen MR) is 481 cm³/mol. The second kappa shape index (κ2) is 40.2. The Hall–Kier alpha value is -11.6. The summed E-state index contributed by atoms with van der Waals surface area (Å²) in [5.41, 5.74) is 21.6. The molecule has 5 fully saturated rings. The Morgan fingerprint density at radius 1 is 0.331 bits per heavy atom. The van der Waals surface area contributed by atoms with E-state index in [1.165, 1.54) is 59.2 Å². The van der Waals surface area contributed by atoms with Crippen molar-refractivity contribution in [2.45, 2.75) is 139 Å². The first kappa shape index (κ1) is 88.8. The number of methoxy groups -OCH3 is 1. The molecule has 4 amide bonds. The largest absolute Gasteiger partial charge is 0.471 e. The molecule has 0 atom stereocenters. The summed E-state index contributed by atoms with van der Waals surface area (Å²) in [5, 5.41) is 0. The highest BCUT2D eigenvalue weighted by molar-refractivity contribution is 5.83. The van der Waals surface area contributed by atoms with E-state index in [4.69, 9.17) is 53.3 Å². The van der Waals surface area contributed by atoms with Crippen LogP contribution in [0.4, 0.5) is 47.7 Å². The molecule has 10 aromatic rings. The summed E-state index contributed by atoms with van der Waals surface area (Å²) >= 11 is 0. The summed E-state index contributed by atoms with van der Waals surface area (Å²) < 4.78 is 82.3. The van der Waals surface area contributed by atoms with Crippen molar-refractivity contribution in [1.82, 2.24) is 67.4 Å². The molecule has 5 aromatic heterocycles. The van der Waals surface area contributed by atoms with Gasteiger partial charge in [0.15, 0.2) is 0 Å². The van der Waals surface area contributed by atoms with E-state index in [1.807, 2.05) is 52.5 Å². The molecule has 674 valence electrons. The van der Waals surface area contributed by atoms with E-state index in [2.05, 4.69) is 168 Å². The number of nitrogens with zero attached hydrogens (tertiary/aromatic N) is 19. The Bertz CT molecular complexity index is 5310. The van der Waals surface area contributed by atoms with Gasteiger partial charge in [-0.15, -0.1) is 0 Å². The topological polar surface area (TPSA) is 242 Å². The number of rotatable bonds is 11. The summed E-state index contributed by atoms with van der Waals surface area (Å²) in [6.07, 6.45) is -0.953. The maximum atomic E-state index is 12.9. The van der Waals surface area contributed by atoms with Crippen LogP contribution in [0, 0.1) is 34.6 Å². The quantitative estimate of drug-likeness (QED) is 0.117. The smallest absolute Gasteiger partial charge is 0.453 e. The van der Waals surface area contributed by atoms with Gasteiger partial charge in [-0.25, -0.2) is 29.7 Å². The van der Waals surface area contributed by atoms with Crippen molar-refractivity contribution in [2.24, 2.45) is 0 Å². The Morgan fingerprint density at radius 3 is 0.866 bits per heavy atom. The van der Waals surface area contributed by atoms with Crippen molar-refractivity contribution >= 4 is 53.6 Å². The number of aromatic nitrogens is 10. The zero-order valence-corrected chi connectivity index (χ0v) is 74.4. The predicted octanol–water partition coefficient (Wildman–Crippen LogP) is 12.4. The molecule has 0 bridgehead atoms. The number of carbonyl (C=O) groups is 4. The molecule has 0 N–H and O–H groups in total. The van der Waals surface area contributed by atoms with Crippen LogP contribution in [-0.2, 0) is 108 Å². The molecule has 0 radical (unpaired) electrons. The number of alkyl halides is 3. The van der Waals surface area contributed by atoms with Crippen molar-refractivity contribution < 1.29 is 60.8 Å². The molecule has 0 saturated carbocycles. The van der Waals surface area contributed by atoms with Crippen LogP contribution >= 0.6 is 0 Å². The monoisotopic (exact) mass is 1740 g/mol. The molecule has 0 unspecified atom stereocenters. The van der Waals surface area contributed by atoms with Gasteiger partial charge in [-0.2, -0.15) is 13.2 Å². The van der Waals surface area contributed by atoms with Gasteiger partial charge in [0, 0.05) is 171 Å². The van der Waals surface area contributed by atoms with Gasteiger partial charge in [-0.05, 0) is 53.9 Å². The van der Waals surface area contributed by atoms with E-state index in [0.29, 0.717) is 70.3 Å². The second-order valence-electron chi connectivity index (χ2n) is 33.8. The number of aryl methyl sites for hydroxylation is 5. The number of imidazole rings is 5. The molecule has 0 spiro atoms. The molecule has 5 saturated heterocycles. The number of morpholine rings is 5. The number of hydrogen-bond acceptors (Lipinski definition) is 20. The minimum Gasteiger partial charge on any atom is -0.453 e. The first-order chi connectivity index (χ1) is 61.6. The summed E-state index contributed by atoms with van der Waals surface area (Å²) in [7, 11) is 1.42. The number of hydrogen-bond donors (Lipinski definition) is 0. The normalized spacial score (nSPS) is 17.6. The summed E-state index contributed by atoms with van der Waals surface area (Å²) in [5.74, 6) is 3.41. The van der Waals surface area contributed by atoms with Crippen LogP contribution in [-0.4, -0.2) is 262 Å². The van der Waals surface area contributed by atoms with E-state index in [1.54, 1.807) is 11.8 Å². The molecule has 32 heteroatoms. The molecular weight excluding hydrogens is 1620 g/mol. The van der Waals surface area contributed by atoms with Crippen molar-refractivity contribution in [3.8, 4) is 56.3 Å². The van der Waals surface area contributed by atoms with Gasteiger partial charge in [-0.1, -0.05) is 156 Å². The number of benzene rings is 5. The molecule has 15 heterocycles. The molecule has 127 heavy (non-hydrogen) atoms. The fourth-order valence-electron chi connectivity index (χ4n) is 18.0. The van der Waals surface area contributed by atoms with Crippen molar-refractivity contribution in [3.05, 3.63) is 178 Å². The molecule has 20 rings (SSSR count). The van der Waals surface area contributed by atoms with E-state index in [-0.39, 0.29) is 37.5 Å². The zero-order chi connectivity index (χ0) is 88.4. The van der Waals surface area contributed by atoms with Gasteiger partial charge >= 0.3 is 18.2 Å². The first-order valence-electron chi connectivity index (χ1n) is 44.8. The Balaban J connectivity index is 0.000000117. The SMILES string of the molecule is CC(=O)N1CCn2c(N3CCOCC3)nc(-c3ccc(C)cc3)c2C1.CCC(=O)N1CCn2c(N3CCOCC3)nc(-c3ccc(C)cc3)c2C1.COC(=O)N1CCn2c(N3CCOCC3)nc(-c3ccc(C)cc3)c2C1.Cc1ccc(-c2nc(N3CCOCC3)n3c2CCCC3)cc1.Cc1ccc(-c2nc(N3CCOCC3)n3c2CN(C(=O)C(F)(F)F)CC3)cc1. The lowest BCUT2D eigenvalue weighted by Gasteiger charge is -2.33. The van der Waals surface area contributed by atoms with Gasteiger partial charge < -0.3 is 95.4 Å². The minimum atomic E-state index is -4.88. The average molecular weight is 1740 g/mol. The van der Waals surface area contributed by atoms with Crippen LogP contribution < -0.4 is 24.5 Å². The molecule has 10 aliphatic rings. The number of fused-ring (bicyclic) bond motifs is 5. The lowest BCUT2D eigenvalue weighted by molar-refractivity contribution is -0.186. The Labute approximate surface area is 740 Å². The molecular formula is C95H118F3N19O10. The Kier molecular flexibility index (Phi) is 28.1. The standard InChI is InChI=1S/C20H26N4O2.C19H21F3N4O2.C19H24N4O3.C19H24N4O2.C18H23N3O/c1-3-18(25)23-8-9-24-17(14-23)19(16-6-4-15(2)5-7-16)21-20(24)22-10-12-26-13-11-22;1-13-2-4-14(5-3-13)16-15-12-25(17(27)19(20,21)22)6-7-26(15)18(23-16)24-8-10-28-11-9-24;1-14-3-5-15(6-4-14)17-16-13-22(19(24)25-2)7-8-23(16)18(20-17)21-9-11-26-12-10-21;1-14-3-5-16(6-4-14)18-17-13-22(15(2)24)7-8-23(17)19(20-18)21-9-11-25-12-10-21;1-14-5-7-15(8-6-14)17-16-4-2-3-9-21(16)18(19-17)20-10-12-22-13-11-20/h4-7H,3,8-14H2,1-2H3;2-5H,6-12H2,1H3;3-6H,7-13H2,1-2H3;3-6H,7-13H2,1-2H3;5-8H,2-4,9-13H2,1H3. The highest BCUT2D eigenvalue weighted by Gasteiger charge is 2.45. The van der Waals surface area contributed by atoms with Crippen LogP contribution in [0.1, 0.15) is 89.4 Å². The van der Waals surface area contributed by atoms with Crippen LogP contribution in [0.2, 0.25) is 0 Å². The number of anilines is 5. The zero-order valence-electron chi connectivity index (χ0n) is 74.4. The lowest BCUT2D eigenvalue weighted by Crippen LogP contribution is -2.46. The van der Waals surface area contributed by atoms with Crippen LogP contribution in [0.3, 0.4) is 0 Å². The number of halogens is 3. The highest BCUT2D eigenvalue weighted by atomic mass is 19.4. The maximum absolute atomic E-state index is 12.9. The third kappa shape index (κ3) is 20.2. The third-order valence-corrected chi connectivity index (χ3v) is 25.2. The van der Waals surface area contributed by atoms with Gasteiger partial charge in [-0.3, -0.25) is 14.4 Å². The van der Waals surface area contributed by atoms with Crippen molar-refractivity contribution in [2.75, 3.05) is 189 Å². The number of ether oxygens (including phenoxy) is 6. The highest BCUT2D eigenvalue weighted by Crippen LogP contribution is 2.40. The van der Waals surface area contributed by atoms with Crippen LogP contribution in [0.25, 0.3) is 56.3 Å². The lowest BCUT2D eigenvalue weighted by atomic mass is 10.0. The van der Waals surface area contributed by atoms with Gasteiger partial charge in [0.25, 0.3) is 0 Å². The van der Waals surface area contributed by atoms with Crippen molar-refractivity contribution in [3.63, 3.8) is 0 Å². The maximum Gasteiger partial charge on any atom is 0.471 e. The van der Waals surface area contributed by atoms with E-state index < -0.39 is 12.1 Å². The summed E-state index contributed by atoms with van der Waals surface area (Å²) in [6.45, 7) is 36.9. The summed E-state index contributed by atoms with van der Waals surface area (Å²) in [4.78, 5) is 90.6. The van der Waals surface area contributed by atoms with Gasteiger partial charge in [0.2, 0.25) is 41.6 Å². The van der Waals surface area contributed by atoms with Crippen LogP contribution in [0.15, 0.2) is 121 Å². The first-order valence-corrected chi connectivity index (χ1v) is 44.8. The van der Waals surface area contributed by atoms with E-state index >= 15 is 0 Å². The van der Waals surface area contributed by atoms with Gasteiger partial charge in [0.1, 0.15) is 0 Å². The second-order valence-corrected chi connectivity index (χ2v) is 33.8. The van der Waals surface area contributed by atoms with E-state index in [0.717, 1.165) is 248 Å². The third-order valence-electron chi connectivity index (χ3n) is 25.2.